The molecule has 2 unspecified atom stereocenters. The highest BCUT2D eigenvalue weighted by Crippen LogP contribution is 2.21. The van der Waals surface area contributed by atoms with Crippen LogP contribution in [0.1, 0.15) is 45.9 Å². The first-order chi connectivity index (χ1) is 15.5. The van der Waals surface area contributed by atoms with Crippen molar-refractivity contribution in [1.29, 1.82) is 0 Å². The van der Waals surface area contributed by atoms with Crippen LogP contribution < -0.4 is 5.32 Å². The zero-order chi connectivity index (χ0) is 22.9. The Kier molecular flexibility index (Phi) is 11.9. The molecule has 1 aromatic rings. The summed E-state index contributed by atoms with van der Waals surface area (Å²) in [6.45, 7) is 17.4. The van der Waals surface area contributed by atoms with Crippen LogP contribution in [0.3, 0.4) is 0 Å². The van der Waals surface area contributed by atoms with Crippen molar-refractivity contribution in [1.82, 2.24) is 29.6 Å². The van der Waals surface area contributed by atoms with E-state index in [1.54, 1.807) is 0 Å². The zero-order valence-corrected chi connectivity index (χ0v) is 23.3. The number of aromatic nitrogens is 2. The molecule has 1 N–H and O–H groups in total. The number of piperazine rings is 1. The van der Waals surface area contributed by atoms with Crippen LogP contribution in [0.5, 0.6) is 0 Å². The molecule has 2 aliphatic heterocycles. The fraction of sp³-hybridized carbons (Fsp3) is 0.792. The number of halogens is 1. The Morgan fingerprint density at radius 2 is 1.82 bits per heavy atom. The number of hydrogen-bond acceptors (Lipinski definition) is 4. The second-order valence-electron chi connectivity index (χ2n) is 9.62. The second kappa shape index (κ2) is 14.1. The molecule has 2 aliphatic rings. The first-order valence-electron chi connectivity index (χ1n) is 12.5. The Morgan fingerprint density at radius 3 is 2.42 bits per heavy atom. The van der Waals surface area contributed by atoms with Gasteiger partial charge in [-0.05, 0) is 44.9 Å². The van der Waals surface area contributed by atoms with Crippen molar-refractivity contribution in [2.24, 2.45) is 16.8 Å². The second-order valence-corrected chi connectivity index (χ2v) is 9.62. The maximum Gasteiger partial charge on any atom is 0.236 e. The zero-order valence-electron chi connectivity index (χ0n) is 21.0. The Labute approximate surface area is 217 Å². The van der Waals surface area contributed by atoms with Crippen molar-refractivity contribution in [2.45, 2.75) is 53.5 Å². The van der Waals surface area contributed by atoms with Gasteiger partial charge in [-0.25, -0.2) is 4.98 Å². The molecule has 0 saturated carbocycles. The summed E-state index contributed by atoms with van der Waals surface area (Å²) in [6, 6.07) is 0. The summed E-state index contributed by atoms with van der Waals surface area (Å²) < 4.78 is 2.20. The van der Waals surface area contributed by atoms with Gasteiger partial charge in [0.2, 0.25) is 5.91 Å². The van der Waals surface area contributed by atoms with Gasteiger partial charge in [-0.15, -0.1) is 24.0 Å². The standard InChI is InChI=1S/C24H43N7O.HI/c1-5-25-24(27-8-6-7-10-29-11-9-26-22(29)4)30-14-12-28(13-15-30)19-23(32)31-17-20(2)16-21(3)18-31;/h9,11,20-21H,5-8,10,12-19H2,1-4H3,(H,25,27);1H. The van der Waals surface area contributed by atoms with E-state index in [1.165, 1.54) is 6.42 Å². The van der Waals surface area contributed by atoms with Crippen molar-refractivity contribution in [2.75, 3.05) is 58.9 Å². The van der Waals surface area contributed by atoms with E-state index in [2.05, 4.69) is 50.3 Å². The molecule has 2 fully saturated rings. The number of carbonyl (C=O) groups is 1. The van der Waals surface area contributed by atoms with Crippen LogP contribution >= 0.6 is 24.0 Å². The van der Waals surface area contributed by atoms with Crippen LogP contribution in [0, 0.1) is 18.8 Å². The molecule has 33 heavy (non-hydrogen) atoms. The number of imidazole rings is 1. The van der Waals surface area contributed by atoms with Gasteiger partial charge in [-0.2, -0.15) is 0 Å². The third kappa shape index (κ3) is 8.73. The van der Waals surface area contributed by atoms with Crippen molar-refractivity contribution >= 4 is 35.8 Å². The number of guanidine groups is 1. The molecular weight excluding hydrogens is 529 g/mol. The van der Waals surface area contributed by atoms with Gasteiger partial charge in [0.1, 0.15) is 5.82 Å². The number of hydrogen-bond donors (Lipinski definition) is 1. The number of rotatable bonds is 8. The number of aryl methyl sites for hydroxylation is 2. The number of nitrogens with one attached hydrogen (secondary N) is 1. The summed E-state index contributed by atoms with van der Waals surface area (Å²) in [6.07, 6.45) is 7.30. The molecular formula is C24H44IN7O. The minimum absolute atomic E-state index is 0. The summed E-state index contributed by atoms with van der Waals surface area (Å²) in [5, 5.41) is 3.45. The van der Waals surface area contributed by atoms with E-state index in [4.69, 9.17) is 4.99 Å². The molecule has 1 amide bonds. The van der Waals surface area contributed by atoms with Crippen molar-refractivity contribution < 1.29 is 4.79 Å². The highest BCUT2D eigenvalue weighted by molar-refractivity contribution is 14.0. The normalized spacial score (nSPS) is 22.2. The van der Waals surface area contributed by atoms with Crippen molar-refractivity contribution in [3.63, 3.8) is 0 Å². The maximum absolute atomic E-state index is 12.8. The lowest BCUT2D eigenvalue weighted by Gasteiger charge is -2.39. The van der Waals surface area contributed by atoms with Gasteiger partial charge in [0.25, 0.3) is 0 Å². The Hall–Kier alpha value is -1.36. The molecule has 188 valence electrons. The van der Waals surface area contributed by atoms with E-state index in [-0.39, 0.29) is 24.0 Å². The average Bonchev–Trinajstić information content (AvgIpc) is 3.17. The predicted octanol–water partition coefficient (Wildman–Crippen LogP) is 2.68. The fourth-order valence-electron chi connectivity index (χ4n) is 4.92. The number of piperidine rings is 1. The Bertz CT molecular complexity index is 735. The summed E-state index contributed by atoms with van der Waals surface area (Å²) in [7, 11) is 0. The average molecular weight is 574 g/mol. The highest BCUT2D eigenvalue weighted by Gasteiger charge is 2.28. The Balaban J connectivity index is 0.00000385. The van der Waals surface area contributed by atoms with Gasteiger partial charge in [-0.3, -0.25) is 14.7 Å². The van der Waals surface area contributed by atoms with Crippen LogP contribution in [0.2, 0.25) is 0 Å². The van der Waals surface area contributed by atoms with Crippen LogP contribution in [0.15, 0.2) is 17.4 Å². The molecule has 3 heterocycles. The quantitative estimate of drug-likeness (QED) is 0.224. The molecule has 0 aliphatic carbocycles. The molecule has 3 rings (SSSR count). The fourth-order valence-corrected chi connectivity index (χ4v) is 4.92. The number of aliphatic imine (C=N–C) groups is 1. The molecule has 2 atom stereocenters. The molecule has 1 aromatic heterocycles. The topological polar surface area (TPSA) is 69.0 Å². The van der Waals surface area contributed by atoms with Crippen LogP contribution in [0.25, 0.3) is 0 Å². The first kappa shape index (κ1) is 27.9. The molecule has 9 heteroatoms. The summed E-state index contributed by atoms with van der Waals surface area (Å²) in [5.41, 5.74) is 0. The maximum atomic E-state index is 12.8. The van der Waals surface area contributed by atoms with E-state index in [1.807, 2.05) is 19.3 Å². The molecule has 0 spiro atoms. The monoisotopic (exact) mass is 573 g/mol. The lowest BCUT2D eigenvalue weighted by molar-refractivity contribution is -0.135. The Morgan fingerprint density at radius 1 is 1.12 bits per heavy atom. The van der Waals surface area contributed by atoms with Crippen LogP contribution in [-0.2, 0) is 11.3 Å². The minimum atomic E-state index is 0. The molecule has 2 saturated heterocycles. The van der Waals surface area contributed by atoms with E-state index in [0.29, 0.717) is 24.3 Å². The highest BCUT2D eigenvalue weighted by atomic mass is 127. The summed E-state index contributed by atoms with van der Waals surface area (Å²) >= 11 is 0. The smallest absolute Gasteiger partial charge is 0.236 e. The summed E-state index contributed by atoms with van der Waals surface area (Å²) in [4.78, 5) is 28.7. The number of unbranched alkanes of at least 4 members (excludes halogenated alkanes) is 1. The van der Waals surface area contributed by atoms with Crippen molar-refractivity contribution in [3.05, 3.63) is 18.2 Å². The van der Waals surface area contributed by atoms with Gasteiger partial charge in [0.05, 0.1) is 6.54 Å². The molecule has 8 nitrogen and oxygen atoms in total. The third-order valence-corrected chi connectivity index (χ3v) is 6.58. The van der Waals surface area contributed by atoms with Crippen molar-refractivity contribution in [3.8, 4) is 0 Å². The van der Waals surface area contributed by atoms with Gasteiger partial charge in [0, 0.05) is 71.3 Å². The molecule has 0 radical (unpaired) electrons. The molecule has 0 bridgehead atoms. The van der Waals surface area contributed by atoms with Gasteiger partial charge < -0.3 is 19.7 Å². The SMILES string of the molecule is CCNC(=NCCCCn1ccnc1C)N1CCN(CC(=O)N2CC(C)CC(C)C2)CC1.I. The van der Waals surface area contributed by atoms with E-state index < -0.39 is 0 Å². The third-order valence-electron chi connectivity index (χ3n) is 6.58. The number of nitrogens with zero attached hydrogens (tertiary/aromatic N) is 6. The van der Waals surface area contributed by atoms with E-state index in [9.17, 15) is 4.79 Å². The molecule has 0 aromatic carbocycles. The number of carbonyl (C=O) groups excluding carboxylic acids is 1. The predicted molar refractivity (Wildman–Crippen MR) is 145 cm³/mol. The first-order valence-corrected chi connectivity index (χ1v) is 12.5. The van der Waals surface area contributed by atoms with Gasteiger partial charge in [0.15, 0.2) is 5.96 Å². The summed E-state index contributed by atoms with van der Waals surface area (Å²) in [5.74, 6) is 3.61. The van der Waals surface area contributed by atoms with Gasteiger partial charge in [-0.1, -0.05) is 13.8 Å². The largest absolute Gasteiger partial charge is 0.357 e. The van der Waals surface area contributed by atoms with E-state index >= 15 is 0 Å². The lowest BCUT2D eigenvalue weighted by atomic mass is 9.92. The lowest BCUT2D eigenvalue weighted by Crippen LogP contribution is -2.55. The number of amides is 1. The number of likely N-dealkylation sites (tertiary alicyclic amines) is 1. The van der Waals surface area contributed by atoms with Crippen LogP contribution in [-0.4, -0.2) is 95.0 Å². The van der Waals surface area contributed by atoms with Gasteiger partial charge >= 0.3 is 0 Å². The van der Waals surface area contributed by atoms with Crippen LogP contribution in [0.4, 0.5) is 0 Å². The minimum Gasteiger partial charge on any atom is -0.357 e. The van der Waals surface area contributed by atoms with E-state index in [0.717, 1.165) is 83.5 Å².